The third-order valence-electron chi connectivity index (χ3n) is 4.46. The fraction of sp³-hybridized carbons (Fsp3) is 0.526. The van der Waals surface area contributed by atoms with Crippen molar-refractivity contribution in [2.45, 2.75) is 45.7 Å². The molecule has 26 heavy (non-hydrogen) atoms. The van der Waals surface area contributed by atoms with E-state index in [9.17, 15) is 4.79 Å². The molecule has 0 bridgehead atoms. The topological polar surface area (TPSA) is 80.5 Å². The van der Waals surface area contributed by atoms with Gasteiger partial charge in [-0.1, -0.05) is 19.0 Å². The predicted molar refractivity (Wildman–Crippen MR) is 97.9 cm³/mol. The molecule has 2 heterocycles. The number of aromatic nitrogens is 2. The van der Waals surface area contributed by atoms with Gasteiger partial charge >= 0.3 is 0 Å². The first kappa shape index (κ1) is 18.4. The van der Waals surface area contributed by atoms with Crippen LogP contribution in [0, 0.1) is 5.92 Å². The molecule has 1 fully saturated rings. The Balaban J connectivity index is 1.59. The Labute approximate surface area is 153 Å². The van der Waals surface area contributed by atoms with Gasteiger partial charge in [0.05, 0.1) is 19.7 Å². The highest BCUT2D eigenvalue weighted by Crippen LogP contribution is 2.22. The summed E-state index contributed by atoms with van der Waals surface area (Å²) >= 11 is 0. The maximum atomic E-state index is 12.7. The molecule has 0 aliphatic carbocycles. The summed E-state index contributed by atoms with van der Waals surface area (Å²) in [4.78, 5) is 19.2. The van der Waals surface area contributed by atoms with Crippen LogP contribution in [0.3, 0.4) is 0 Å². The smallest absolute Gasteiger partial charge is 0.241 e. The van der Waals surface area contributed by atoms with E-state index in [4.69, 9.17) is 9.26 Å². The Morgan fingerprint density at radius 2 is 2.15 bits per heavy atom. The lowest BCUT2D eigenvalue weighted by Gasteiger charge is -2.22. The second-order valence-corrected chi connectivity index (χ2v) is 7.05. The van der Waals surface area contributed by atoms with Crippen LogP contribution < -0.4 is 10.1 Å². The van der Waals surface area contributed by atoms with Crippen molar-refractivity contribution in [2.24, 2.45) is 5.92 Å². The second kappa shape index (κ2) is 8.31. The van der Waals surface area contributed by atoms with Crippen LogP contribution in [-0.2, 0) is 17.8 Å². The van der Waals surface area contributed by atoms with E-state index in [0.717, 1.165) is 37.2 Å². The lowest BCUT2D eigenvalue weighted by molar-refractivity contribution is -0.120. The SMILES string of the molecule is COc1ccc(NC(=O)[C@H]2CCCN2Cc2noc(CC(C)C)n2)cc1. The van der Waals surface area contributed by atoms with Gasteiger partial charge in [0.1, 0.15) is 5.75 Å². The van der Waals surface area contributed by atoms with Crippen LogP contribution in [0.25, 0.3) is 0 Å². The molecular weight excluding hydrogens is 332 g/mol. The number of nitrogens with one attached hydrogen (secondary N) is 1. The first-order valence-corrected chi connectivity index (χ1v) is 9.05. The fourth-order valence-electron chi connectivity index (χ4n) is 3.18. The average Bonchev–Trinajstić information content (AvgIpc) is 3.25. The van der Waals surface area contributed by atoms with Crippen molar-refractivity contribution in [1.82, 2.24) is 15.0 Å². The number of ether oxygens (including phenoxy) is 1. The normalized spacial score (nSPS) is 17.6. The molecule has 2 aromatic rings. The zero-order valence-corrected chi connectivity index (χ0v) is 15.6. The van der Waals surface area contributed by atoms with E-state index in [1.165, 1.54) is 0 Å². The summed E-state index contributed by atoms with van der Waals surface area (Å²) in [5.74, 6) is 2.54. The van der Waals surface area contributed by atoms with Gasteiger partial charge in [-0.15, -0.1) is 0 Å². The molecular formula is C19H26N4O3. The number of methoxy groups -OCH3 is 1. The average molecular weight is 358 g/mol. The minimum absolute atomic E-state index is 0.00133. The number of anilines is 1. The van der Waals surface area contributed by atoms with Gasteiger partial charge in [0.15, 0.2) is 5.82 Å². The summed E-state index contributed by atoms with van der Waals surface area (Å²) in [5, 5.41) is 7.04. The summed E-state index contributed by atoms with van der Waals surface area (Å²) in [6, 6.07) is 7.17. The van der Waals surface area contributed by atoms with E-state index in [2.05, 4.69) is 34.2 Å². The minimum Gasteiger partial charge on any atom is -0.497 e. The van der Waals surface area contributed by atoms with Gasteiger partial charge in [-0.25, -0.2) is 0 Å². The van der Waals surface area contributed by atoms with Crippen LogP contribution >= 0.6 is 0 Å². The molecule has 7 nitrogen and oxygen atoms in total. The number of nitrogens with zero attached hydrogens (tertiary/aromatic N) is 3. The molecule has 1 atom stereocenters. The van der Waals surface area contributed by atoms with Crippen molar-refractivity contribution in [3.63, 3.8) is 0 Å². The van der Waals surface area contributed by atoms with Crippen LogP contribution in [0.15, 0.2) is 28.8 Å². The molecule has 140 valence electrons. The second-order valence-electron chi connectivity index (χ2n) is 7.05. The van der Waals surface area contributed by atoms with Crippen molar-refractivity contribution in [2.75, 3.05) is 19.0 Å². The first-order valence-electron chi connectivity index (χ1n) is 9.05. The molecule has 3 rings (SSSR count). The van der Waals surface area contributed by atoms with Crippen LogP contribution in [0.1, 0.15) is 38.4 Å². The molecule has 1 aliphatic rings. The first-order chi connectivity index (χ1) is 12.5. The van der Waals surface area contributed by atoms with E-state index in [1.807, 2.05) is 24.3 Å². The Hall–Kier alpha value is -2.41. The zero-order valence-electron chi connectivity index (χ0n) is 15.6. The summed E-state index contributed by atoms with van der Waals surface area (Å²) < 4.78 is 10.4. The van der Waals surface area contributed by atoms with Gasteiger partial charge in [0, 0.05) is 12.1 Å². The van der Waals surface area contributed by atoms with Crippen LogP contribution in [-0.4, -0.2) is 40.6 Å². The van der Waals surface area contributed by atoms with Crippen molar-refractivity contribution >= 4 is 11.6 Å². The van der Waals surface area contributed by atoms with Crippen molar-refractivity contribution in [1.29, 1.82) is 0 Å². The fourth-order valence-corrected chi connectivity index (χ4v) is 3.18. The number of benzene rings is 1. The van der Waals surface area contributed by atoms with Gasteiger partial charge in [-0.3, -0.25) is 9.69 Å². The van der Waals surface area contributed by atoms with Gasteiger partial charge in [0.25, 0.3) is 0 Å². The van der Waals surface area contributed by atoms with E-state index >= 15 is 0 Å². The Kier molecular flexibility index (Phi) is 5.88. The number of hydrogen-bond donors (Lipinski definition) is 1. The van der Waals surface area contributed by atoms with Crippen LogP contribution in [0.4, 0.5) is 5.69 Å². The zero-order chi connectivity index (χ0) is 18.5. The third-order valence-corrected chi connectivity index (χ3v) is 4.46. The summed E-state index contributed by atoms with van der Waals surface area (Å²) in [5.41, 5.74) is 0.765. The van der Waals surface area contributed by atoms with Gasteiger partial charge in [0.2, 0.25) is 11.8 Å². The highest BCUT2D eigenvalue weighted by atomic mass is 16.5. The quantitative estimate of drug-likeness (QED) is 0.820. The van der Waals surface area contributed by atoms with E-state index < -0.39 is 0 Å². The number of hydrogen-bond acceptors (Lipinski definition) is 6. The molecule has 1 aromatic heterocycles. The molecule has 1 aliphatic heterocycles. The van der Waals surface area contributed by atoms with Crippen LogP contribution in [0.5, 0.6) is 5.75 Å². The maximum absolute atomic E-state index is 12.7. The third kappa shape index (κ3) is 4.60. The monoisotopic (exact) mass is 358 g/mol. The number of rotatable bonds is 7. The van der Waals surface area contributed by atoms with Crippen LogP contribution in [0.2, 0.25) is 0 Å². The number of amides is 1. The number of carbonyl (C=O) groups excluding carboxylic acids is 1. The van der Waals surface area contributed by atoms with Crippen molar-refractivity contribution in [3.05, 3.63) is 36.0 Å². The number of carbonyl (C=O) groups is 1. The maximum Gasteiger partial charge on any atom is 0.241 e. The molecule has 0 radical (unpaired) electrons. The summed E-state index contributed by atoms with van der Waals surface area (Å²) in [6.07, 6.45) is 2.59. The molecule has 7 heteroatoms. The lowest BCUT2D eigenvalue weighted by Crippen LogP contribution is -2.39. The van der Waals surface area contributed by atoms with Gasteiger partial charge in [-0.05, 0) is 49.6 Å². The van der Waals surface area contributed by atoms with Gasteiger partial charge < -0.3 is 14.6 Å². The highest BCUT2D eigenvalue weighted by molar-refractivity contribution is 5.95. The lowest BCUT2D eigenvalue weighted by atomic mass is 10.1. The molecule has 1 aromatic carbocycles. The van der Waals surface area contributed by atoms with E-state index in [-0.39, 0.29) is 11.9 Å². The van der Waals surface area contributed by atoms with Gasteiger partial charge in [-0.2, -0.15) is 4.98 Å². The Bertz CT molecular complexity index is 727. The molecule has 0 spiro atoms. The molecule has 1 N–H and O–H groups in total. The summed E-state index contributed by atoms with van der Waals surface area (Å²) in [6.45, 7) is 5.62. The standard InChI is InChI=1S/C19H26N4O3/c1-13(2)11-18-21-17(22-26-18)12-23-10-4-5-16(23)19(24)20-14-6-8-15(25-3)9-7-14/h6-9,13,16H,4-5,10-12H2,1-3H3,(H,20,24)/t16-/m1/s1. The summed E-state index contributed by atoms with van der Waals surface area (Å²) in [7, 11) is 1.62. The molecule has 0 unspecified atom stereocenters. The van der Waals surface area contributed by atoms with E-state index in [1.54, 1.807) is 7.11 Å². The van der Waals surface area contributed by atoms with E-state index in [0.29, 0.717) is 24.2 Å². The Morgan fingerprint density at radius 3 is 2.85 bits per heavy atom. The number of likely N-dealkylation sites (tertiary alicyclic amines) is 1. The molecule has 1 amide bonds. The molecule has 0 saturated carbocycles. The minimum atomic E-state index is -0.177. The Morgan fingerprint density at radius 1 is 1.38 bits per heavy atom. The van der Waals surface area contributed by atoms with Crippen molar-refractivity contribution < 1.29 is 14.1 Å². The highest BCUT2D eigenvalue weighted by Gasteiger charge is 2.31. The molecule has 1 saturated heterocycles. The van der Waals surface area contributed by atoms with Crippen molar-refractivity contribution in [3.8, 4) is 5.75 Å². The predicted octanol–water partition coefficient (Wildman–Crippen LogP) is 2.88. The largest absolute Gasteiger partial charge is 0.497 e.